The summed E-state index contributed by atoms with van der Waals surface area (Å²) in [7, 11) is -3.47. The first-order valence-electron chi connectivity index (χ1n) is 7.64. The molecule has 2 bridgehead atoms. The van der Waals surface area contributed by atoms with Crippen LogP contribution in [0.2, 0.25) is 0 Å². The number of nitrogens with zero attached hydrogens (tertiary/aromatic N) is 2. The van der Waals surface area contributed by atoms with E-state index in [0.717, 1.165) is 12.1 Å². The predicted octanol–water partition coefficient (Wildman–Crippen LogP) is 2.58. The molecule has 3 N–H and O–H groups in total. The zero-order valence-corrected chi connectivity index (χ0v) is 13.5. The molecule has 4 rings (SSSR count). The zero-order valence-electron chi connectivity index (χ0n) is 12.7. The minimum absolute atomic E-state index is 0.00499. The lowest BCUT2D eigenvalue weighted by molar-refractivity contribution is -0.137. The van der Waals surface area contributed by atoms with Crippen molar-refractivity contribution in [3.63, 3.8) is 0 Å². The third-order valence-electron chi connectivity index (χ3n) is 5.19. The van der Waals surface area contributed by atoms with Gasteiger partial charge >= 0.3 is 6.18 Å². The van der Waals surface area contributed by atoms with Gasteiger partial charge in [-0.05, 0) is 18.2 Å². The van der Waals surface area contributed by atoms with Gasteiger partial charge < -0.3 is 9.84 Å². The van der Waals surface area contributed by atoms with Gasteiger partial charge in [0.1, 0.15) is 11.4 Å². The molecule has 0 saturated carbocycles. The number of aliphatic hydroxyl groups excluding tert-OH is 1. The summed E-state index contributed by atoms with van der Waals surface area (Å²) in [4.78, 5) is 0. The molecule has 1 aromatic carbocycles. The topological polar surface area (TPSA) is 97.0 Å². The molecule has 25 heavy (non-hydrogen) atoms. The van der Waals surface area contributed by atoms with Crippen LogP contribution in [0.5, 0.6) is 0 Å². The second kappa shape index (κ2) is 5.25. The van der Waals surface area contributed by atoms with Crippen molar-refractivity contribution in [1.82, 2.24) is 0 Å². The van der Waals surface area contributed by atoms with Gasteiger partial charge in [-0.1, -0.05) is 0 Å². The molecule has 0 aromatic heterocycles. The van der Waals surface area contributed by atoms with E-state index in [2.05, 4.69) is 0 Å². The molecule has 6 nitrogen and oxygen atoms in total. The second-order valence-electron chi connectivity index (χ2n) is 6.53. The van der Waals surface area contributed by atoms with Crippen LogP contribution in [0.3, 0.4) is 0 Å². The average Bonchev–Trinajstić information content (AvgIpc) is 3.15. The van der Waals surface area contributed by atoms with Gasteiger partial charge in [0.15, 0.2) is 0 Å². The van der Waals surface area contributed by atoms with E-state index >= 15 is 0 Å². The summed E-state index contributed by atoms with van der Waals surface area (Å²) in [6.07, 6.45) is -6.19. The molecule has 10 heteroatoms. The van der Waals surface area contributed by atoms with Gasteiger partial charge in [-0.3, -0.25) is 13.4 Å². The van der Waals surface area contributed by atoms with Gasteiger partial charge in [-0.2, -0.15) is 18.4 Å². The number of alkyl halides is 3. The molecule has 3 aliphatic rings. The third kappa shape index (κ3) is 2.34. The molecular weight excluding hydrogens is 361 g/mol. The Hall–Kier alpha value is -1.51. The van der Waals surface area contributed by atoms with Crippen LogP contribution in [-0.2, 0) is 10.9 Å². The smallest absolute Gasteiger partial charge is 0.390 e. The first-order chi connectivity index (χ1) is 11.6. The van der Waals surface area contributed by atoms with E-state index < -0.39 is 45.5 Å². The molecule has 0 radical (unpaired) electrons. The van der Waals surface area contributed by atoms with Crippen molar-refractivity contribution in [2.45, 2.75) is 36.2 Å². The summed E-state index contributed by atoms with van der Waals surface area (Å²) in [5, 5.41) is 18.1. The summed E-state index contributed by atoms with van der Waals surface area (Å²) in [5.74, 6) is -0.261. The molecule has 0 aliphatic carbocycles. The van der Waals surface area contributed by atoms with Crippen LogP contribution in [0.1, 0.15) is 17.5 Å². The van der Waals surface area contributed by atoms with Gasteiger partial charge in [0.05, 0.1) is 35.1 Å². The van der Waals surface area contributed by atoms with E-state index in [0.29, 0.717) is 6.42 Å². The molecule has 0 unspecified atom stereocenters. The number of halogens is 3. The fraction of sp³-hybridized carbons (Fsp3) is 0.533. The van der Waals surface area contributed by atoms with Crippen LogP contribution >= 0.6 is 10.8 Å². The predicted molar refractivity (Wildman–Crippen MR) is 82.9 cm³/mol. The fourth-order valence-corrected chi connectivity index (χ4v) is 6.56. The van der Waals surface area contributed by atoms with Crippen LogP contribution in [0.25, 0.3) is 0 Å². The van der Waals surface area contributed by atoms with Gasteiger partial charge in [-0.25, -0.2) is 0 Å². The number of hydrogen-bond donors (Lipinski definition) is 3. The molecule has 136 valence electrons. The van der Waals surface area contributed by atoms with Crippen LogP contribution in [0.15, 0.2) is 18.2 Å². The molecular formula is C15H15F3N2O4S. The lowest BCUT2D eigenvalue weighted by Crippen LogP contribution is -2.40. The van der Waals surface area contributed by atoms with Crippen molar-refractivity contribution in [2.75, 3.05) is 10.8 Å². The zero-order chi connectivity index (χ0) is 18.1. The summed E-state index contributed by atoms with van der Waals surface area (Å²) < 4.78 is 67.6. The van der Waals surface area contributed by atoms with Crippen LogP contribution < -0.4 is 4.31 Å². The minimum Gasteiger partial charge on any atom is -0.390 e. The highest BCUT2D eigenvalue weighted by Crippen LogP contribution is 2.65. The largest absolute Gasteiger partial charge is 0.417 e. The standard InChI is InChI=1S/C15H15F3N2O4S/c16-15(17,18)10-3-8(2-1-7(10)5-19)20-6-9-12-4-11(21)13(24-12)14(9)25(20,22)23/h1-3,9,11-14,21-23H,4,6H2/t9-,11+,12-,13+,14-/m1/s1. The lowest BCUT2D eigenvalue weighted by Gasteiger charge is -2.44. The molecule has 0 spiro atoms. The maximum atomic E-state index is 13.2. The maximum absolute atomic E-state index is 13.2. The van der Waals surface area contributed by atoms with Gasteiger partial charge in [-0.15, -0.1) is 10.8 Å². The van der Waals surface area contributed by atoms with E-state index in [9.17, 15) is 27.4 Å². The first kappa shape index (κ1) is 16.9. The van der Waals surface area contributed by atoms with E-state index in [1.54, 1.807) is 0 Å². The van der Waals surface area contributed by atoms with E-state index in [4.69, 9.17) is 10.00 Å². The Morgan fingerprint density at radius 3 is 2.68 bits per heavy atom. The Labute approximate surface area is 142 Å². The number of aliphatic hydroxyl groups is 1. The quantitative estimate of drug-likeness (QED) is 0.697. The summed E-state index contributed by atoms with van der Waals surface area (Å²) in [5.41, 5.74) is -1.64. The Bertz CT molecular complexity index is 766. The minimum atomic E-state index is -4.72. The number of rotatable bonds is 1. The molecule has 5 atom stereocenters. The van der Waals surface area contributed by atoms with Crippen molar-refractivity contribution in [3.8, 4) is 6.07 Å². The number of ether oxygens (including phenoxy) is 1. The molecule has 0 amide bonds. The van der Waals surface area contributed by atoms with Gasteiger partial charge in [0, 0.05) is 18.9 Å². The van der Waals surface area contributed by atoms with Gasteiger partial charge in [0.2, 0.25) is 0 Å². The highest BCUT2D eigenvalue weighted by Gasteiger charge is 2.64. The number of benzene rings is 1. The first-order valence-corrected chi connectivity index (χ1v) is 9.21. The SMILES string of the molecule is N#Cc1ccc(N2C[C@H]3[C@H]([C@H]4O[C@@H]3C[C@@H]4O)S2(O)O)cc1C(F)(F)F. The van der Waals surface area contributed by atoms with E-state index in [1.807, 2.05) is 0 Å². The normalized spacial score (nSPS) is 37.0. The highest BCUT2D eigenvalue weighted by atomic mass is 32.3. The summed E-state index contributed by atoms with van der Waals surface area (Å²) in [6.45, 7) is 0.129. The van der Waals surface area contributed by atoms with Crippen LogP contribution in [0.4, 0.5) is 18.9 Å². The van der Waals surface area contributed by atoms with Crippen molar-refractivity contribution in [2.24, 2.45) is 5.92 Å². The molecule has 1 aromatic rings. The highest BCUT2D eigenvalue weighted by molar-refractivity contribution is 8.26. The monoisotopic (exact) mass is 376 g/mol. The molecule has 3 saturated heterocycles. The Morgan fingerprint density at radius 2 is 2.04 bits per heavy atom. The number of fused-ring (bicyclic) bond motifs is 5. The fourth-order valence-electron chi connectivity index (χ4n) is 4.11. The maximum Gasteiger partial charge on any atom is 0.417 e. The Kier molecular flexibility index (Phi) is 3.55. The van der Waals surface area contributed by atoms with Crippen molar-refractivity contribution in [1.29, 1.82) is 5.26 Å². The second-order valence-corrected chi connectivity index (χ2v) is 8.64. The number of anilines is 1. The third-order valence-corrected chi connectivity index (χ3v) is 7.55. The van der Waals surface area contributed by atoms with Crippen LogP contribution in [0, 0.1) is 17.2 Å². The van der Waals surface area contributed by atoms with Gasteiger partial charge in [0.25, 0.3) is 0 Å². The van der Waals surface area contributed by atoms with E-state index in [-0.39, 0.29) is 24.3 Å². The molecule has 3 heterocycles. The number of hydrogen-bond acceptors (Lipinski definition) is 6. The van der Waals surface area contributed by atoms with Crippen molar-refractivity contribution >= 4 is 16.5 Å². The molecule has 3 fully saturated rings. The van der Waals surface area contributed by atoms with Crippen molar-refractivity contribution < 1.29 is 32.1 Å². The lowest BCUT2D eigenvalue weighted by atomic mass is 9.87. The van der Waals surface area contributed by atoms with Crippen molar-refractivity contribution in [3.05, 3.63) is 29.3 Å². The molecule has 3 aliphatic heterocycles. The van der Waals surface area contributed by atoms with E-state index in [1.165, 1.54) is 16.4 Å². The van der Waals surface area contributed by atoms with Crippen LogP contribution in [-0.4, -0.2) is 44.3 Å². The number of nitriles is 1. The Morgan fingerprint density at radius 1 is 1.32 bits per heavy atom. The summed E-state index contributed by atoms with van der Waals surface area (Å²) >= 11 is 0. The average molecular weight is 376 g/mol. The Balaban J connectivity index is 1.73. The summed E-state index contributed by atoms with van der Waals surface area (Å²) in [6, 6.07) is 4.58.